The van der Waals surface area contributed by atoms with E-state index in [1.807, 2.05) is 11.8 Å². The predicted octanol–water partition coefficient (Wildman–Crippen LogP) is 1.42. The fourth-order valence-electron chi connectivity index (χ4n) is 3.40. The number of aromatic nitrogens is 2. The summed E-state index contributed by atoms with van der Waals surface area (Å²) < 4.78 is 7.04. The van der Waals surface area contributed by atoms with Gasteiger partial charge in [-0.3, -0.25) is 14.4 Å². The summed E-state index contributed by atoms with van der Waals surface area (Å²) in [7, 11) is 0. The van der Waals surface area contributed by atoms with Crippen molar-refractivity contribution in [3.63, 3.8) is 0 Å². The van der Waals surface area contributed by atoms with Crippen LogP contribution >= 0.6 is 11.6 Å². The van der Waals surface area contributed by atoms with Gasteiger partial charge in [-0.1, -0.05) is 11.6 Å². The van der Waals surface area contributed by atoms with Crippen molar-refractivity contribution in [3.05, 3.63) is 16.9 Å². The van der Waals surface area contributed by atoms with E-state index in [-0.39, 0.29) is 12.5 Å². The highest BCUT2D eigenvalue weighted by Crippen LogP contribution is 2.19. The lowest BCUT2D eigenvalue weighted by Crippen LogP contribution is -2.46. The van der Waals surface area contributed by atoms with Gasteiger partial charge in [0.25, 0.3) is 0 Å². The van der Waals surface area contributed by atoms with Crippen LogP contribution in [0.15, 0.2) is 6.20 Å². The number of halogens is 1. The van der Waals surface area contributed by atoms with E-state index in [9.17, 15) is 4.79 Å². The third kappa shape index (κ3) is 4.46. The maximum absolute atomic E-state index is 12.5. The fourth-order valence-corrected chi connectivity index (χ4v) is 3.55. The highest BCUT2D eigenvalue weighted by molar-refractivity contribution is 6.31. The Morgan fingerprint density at radius 3 is 2.87 bits per heavy atom. The molecule has 1 atom stereocenters. The molecule has 2 aliphatic rings. The van der Waals surface area contributed by atoms with Crippen molar-refractivity contribution in [2.24, 2.45) is 5.92 Å². The van der Waals surface area contributed by atoms with Crippen molar-refractivity contribution in [1.82, 2.24) is 19.6 Å². The molecule has 6 nitrogen and oxygen atoms in total. The summed E-state index contributed by atoms with van der Waals surface area (Å²) in [5.74, 6) is 0.699. The van der Waals surface area contributed by atoms with Crippen molar-refractivity contribution in [2.75, 3.05) is 45.9 Å². The molecule has 0 N–H and O–H groups in total. The Labute approximate surface area is 142 Å². The summed E-state index contributed by atoms with van der Waals surface area (Å²) in [4.78, 5) is 17.0. The van der Waals surface area contributed by atoms with Crippen LogP contribution in [0, 0.1) is 12.8 Å². The molecule has 0 aliphatic carbocycles. The molecule has 0 saturated carbocycles. The maximum atomic E-state index is 12.5. The molecule has 0 radical (unpaired) electrons. The first-order valence-electron chi connectivity index (χ1n) is 8.39. The van der Waals surface area contributed by atoms with Gasteiger partial charge in [0.2, 0.25) is 5.91 Å². The van der Waals surface area contributed by atoms with E-state index in [2.05, 4.69) is 10.00 Å². The SMILES string of the molecule is Cc1nn(CC(=O)N2CCC[C@@H](CN3CCOCC3)C2)cc1Cl. The number of rotatable bonds is 4. The monoisotopic (exact) mass is 340 g/mol. The number of morpholine rings is 1. The standard InChI is InChI=1S/C16H25ClN4O2/c1-13-15(17)11-21(18-13)12-16(22)20-4-2-3-14(10-20)9-19-5-7-23-8-6-19/h11,14H,2-10,12H2,1H3/t14-/m0/s1. The molecule has 0 aromatic carbocycles. The largest absolute Gasteiger partial charge is 0.379 e. The molecule has 128 valence electrons. The number of hydrogen-bond acceptors (Lipinski definition) is 4. The number of likely N-dealkylation sites (tertiary alicyclic amines) is 1. The van der Waals surface area contributed by atoms with Gasteiger partial charge in [0, 0.05) is 38.9 Å². The minimum atomic E-state index is 0.135. The smallest absolute Gasteiger partial charge is 0.244 e. The number of nitrogens with zero attached hydrogens (tertiary/aromatic N) is 4. The molecule has 3 heterocycles. The maximum Gasteiger partial charge on any atom is 0.244 e. The van der Waals surface area contributed by atoms with E-state index in [0.29, 0.717) is 10.9 Å². The average Bonchev–Trinajstić information content (AvgIpc) is 2.86. The Kier molecular flexibility index (Phi) is 5.56. The summed E-state index contributed by atoms with van der Waals surface area (Å²) in [5.41, 5.74) is 0.767. The van der Waals surface area contributed by atoms with Crippen molar-refractivity contribution in [1.29, 1.82) is 0 Å². The van der Waals surface area contributed by atoms with Gasteiger partial charge in [0.1, 0.15) is 6.54 Å². The Bertz CT molecular complexity index is 523. The highest BCUT2D eigenvalue weighted by atomic mass is 35.5. The summed E-state index contributed by atoms with van der Waals surface area (Å²) in [5, 5.41) is 4.89. The van der Waals surface area contributed by atoms with Crippen LogP contribution in [-0.4, -0.2) is 71.4 Å². The van der Waals surface area contributed by atoms with Gasteiger partial charge in [-0.15, -0.1) is 0 Å². The molecular weight excluding hydrogens is 316 g/mol. The number of ether oxygens (including phenoxy) is 1. The van der Waals surface area contributed by atoms with Crippen molar-refractivity contribution in [3.8, 4) is 0 Å². The first-order chi connectivity index (χ1) is 11.1. The molecule has 0 spiro atoms. The van der Waals surface area contributed by atoms with Crippen LogP contribution in [0.2, 0.25) is 5.02 Å². The Morgan fingerprint density at radius 2 is 2.17 bits per heavy atom. The van der Waals surface area contributed by atoms with Crippen LogP contribution in [0.4, 0.5) is 0 Å². The minimum absolute atomic E-state index is 0.135. The lowest BCUT2D eigenvalue weighted by molar-refractivity contribution is -0.134. The lowest BCUT2D eigenvalue weighted by Gasteiger charge is -2.36. The third-order valence-electron chi connectivity index (χ3n) is 4.68. The first-order valence-corrected chi connectivity index (χ1v) is 8.77. The molecule has 3 rings (SSSR count). The number of hydrogen-bond donors (Lipinski definition) is 0. The second kappa shape index (κ2) is 7.64. The van der Waals surface area contributed by atoms with E-state index in [4.69, 9.17) is 16.3 Å². The lowest BCUT2D eigenvalue weighted by atomic mass is 9.97. The van der Waals surface area contributed by atoms with Crippen molar-refractivity contribution < 1.29 is 9.53 Å². The number of carbonyl (C=O) groups excluding carboxylic acids is 1. The molecule has 23 heavy (non-hydrogen) atoms. The normalized spacial score (nSPS) is 23.2. The van der Waals surface area contributed by atoms with E-state index < -0.39 is 0 Å². The van der Waals surface area contributed by atoms with Crippen LogP contribution in [0.25, 0.3) is 0 Å². The van der Waals surface area contributed by atoms with Crippen LogP contribution in [-0.2, 0) is 16.1 Å². The van der Waals surface area contributed by atoms with E-state index in [1.165, 1.54) is 6.42 Å². The summed E-state index contributed by atoms with van der Waals surface area (Å²) in [6, 6.07) is 0. The number of carbonyl (C=O) groups is 1. The summed E-state index contributed by atoms with van der Waals surface area (Å²) >= 11 is 6.01. The molecule has 0 bridgehead atoms. The number of aryl methyl sites for hydroxylation is 1. The van der Waals surface area contributed by atoms with Crippen molar-refractivity contribution in [2.45, 2.75) is 26.3 Å². The molecule has 0 unspecified atom stereocenters. The molecule has 1 aromatic rings. The topological polar surface area (TPSA) is 50.6 Å². The first kappa shape index (κ1) is 16.7. The molecular formula is C16H25ClN4O2. The van der Waals surface area contributed by atoms with Gasteiger partial charge >= 0.3 is 0 Å². The van der Waals surface area contributed by atoms with E-state index in [1.54, 1.807) is 10.9 Å². The number of piperidine rings is 1. The quantitative estimate of drug-likeness (QED) is 0.831. The zero-order valence-electron chi connectivity index (χ0n) is 13.7. The molecule has 2 fully saturated rings. The van der Waals surface area contributed by atoms with Crippen molar-refractivity contribution >= 4 is 17.5 Å². The average molecular weight is 341 g/mol. The van der Waals surface area contributed by atoms with Gasteiger partial charge in [0.15, 0.2) is 0 Å². The van der Waals surface area contributed by atoms with Crippen LogP contribution in [0.3, 0.4) is 0 Å². The van der Waals surface area contributed by atoms with Gasteiger partial charge < -0.3 is 9.64 Å². The Morgan fingerprint density at radius 1 is 1.39 bits per heavy atom. The van der Waals surface area contributed by atoms with Gasteiger partial charge in [-0.05, 0) is 25.7 Å². The summed E-state index contributed by atoms with van der Waals surface area (Å²) in [6.45, 7) is 8.57. The molecule has 2 aliphatic heterocycles. The van der Waals surface area contributed by atoms with Gasteiger partial charge in [-0.2, -0.15) is 5.10 Å². The number of amides is 1. The molecule has 7 heteroatoms. The third-order valence-corrected chi connectivity index (χ3v) is 5.05. The minimum Gasteiger partial charge on any atom is -0.379 e. The highest BCUT2D eigenvalue weighted by Gasteiger charge is 2.26. The molecule has 1 amide bonds. The van der Waals surface area contributed by atoms with Gasteiger partial charge in [-0.25, -0.2) is 0 Å². The summed E-state index contributed by atoms with van der Waals surface area (Å²) in [6.07, 6.45) is 4.01. The second-order valence-electron chi connectivity index (χ2n) is 6.52. The van der Waals surface area contributed by atoms with Crippen LogP contribution < -0.4 is 0 Å². The fraction of sp³-hybridized carbons (Fsp3) is 0.750. The van der Waals surface area contributed by atoms with Crippen LogP contribution in [0.5, 0.6) is 0 Å². The van der Waals surface area contributed by atoms with E-state index in [0.717, 1.165) is 58.1 Å². The second-order valence-corrected chi connectivity index (χ2v) is 6.93. The zero-order valence-corrected chi connectivity index (χ0v) is 14.5. The zero-order chi connectivity index (χ0) is 16.2. The van der Waals surface area contributed by atoms with E-state index >= 15 is 0 Å². The molecule has 1 aromatic heterocycles. The van der Waals surface area contributed by atoms with Gasteiger partial charge in [0.05, 0.1) is 23.9 Å². The predicted molar refractivity (Wildman–Crippen MR) is 88.5 cm³/mol. The Hall–Kier alpha value is -1.11. The molecule has 2 saturated heterocycles. The Balaban J connectivity index is 1.51. The van der Waals surface area contributed by atoms with Crippen LogP contribution in [0.1, 0.15) is 18.5 Å².